The van der Waals surface area contributed by atoms with Crippen molar-refractivity contribution in [1.82, 2.24) is 9.88 Å². The fourth-order valence-electron chi connectivity index (χ4n) is 2.32. The van der Waals surface area contributed by atoms with Crippen LogP contribution in [0.2, 0.25) is 0 Å². The number of halogens is 1. The van der Waals surface area contributed by atoms with Gasteiger partial charge in [0, 0.05) is 24.5 Å². The molecule has 106 valence electrons. The molecule has 0 saturated heterocycles. The van der Waals surface area contributed by atoms with E-state index in [0.29, 0.717) is 12.6 Å². The van der Waals surface area contributed by atoms with Crippen LogP contribution in [0.4, 0.5) is 4.39 Å². The first kappa shape index (κ1) is 13.7. The van der Waals surface area contributed by atoms with Crippen molar-refractivity contribution < 1.29 is 9.50 Å². The lowest BCUT2D eigenvalue weighted by Crippen LogP contribution is -2.30. The highest BCUT2D eigenvalue weighted by molar-refractivity contribution is 7.07. The summed E-state index contributed by atoms with van der Waals surface area (Å²) in [4.78, 5) is 6.57. The molecule has 1 unspecified atom stereocenters. The second-order valence-corrected chi connectivity index (χ2v) is 5.93. The van der Waals surface area contributed by atoms with Crippen molar-refractivity contribution in [2.75, 3.05) is 6.54 Å². The number of hydrogen-bond acceptors (Lipinski definition) is 4. The normalized spacial score (nSPS) is 16.6. The highest BCUT2D eigenvalue weighted by atomic mass is 32.1. The summed E-state index contributed by atoms with van der Waals surface area (Å²) in [5.74, 6) is -0.275. The van der Waals surface area contributed by atoms with Gasteiger partial charge in [0.15, 0.2) is 0 Å². The van der Waals surface area contributed by atoms with Crippen LogP contribution in [0.1, 0.15) is 30.2 Å². The molecule has 1 aliphatic rings. The maximum atomic E-state index is 12.9. The molecule has 0 aliphatic heterocycles. The van der Waals surface area contributed by atoms with E-state index in [0.717, 1.165) is 17.8 Å². The number of benzene rings is 1. The maximum Gasteiger partial charge on any atom is 0.123 e. The molecule has 1 aliphatic carbocycles. The van der Waals surface area contributed by atoms with Crippen molar-refractivity contribution >= 4 is 11.3 Å². The molecular formula is C15H17FN2OS. The highest BCUT2D eigenvalue weighted by Crippen LogP contribution is 2.30. The van der Waals surface area contributed by atoms with Gasteiger partial charge >= 0.3 is 0 Å². The first-order valence-electron chi connectivity index (χ1n) is 6.77. The minimum atomic E-state index is -0.588. The van der Waals surface area contributed by atoms with Crippen LogP contribution < -0.4 is 0 Å². The predicted octanol–water partition coefficient (Wildman–Crippen LogP) is 2.98. The number of aliphatic hydroxyl groups is 1. The molecule has 0 amide bonds. The van der Waals surface area contributed by atoms with Crippen molar-refractivity contribution in [3.63, 3.8) is 0 Å². The molecule has 1 aromatic heterocycles. The van der Waals surface area contributed by atoms with E-state index in [1.807, 2.05) is 10.9 Å². The van der Waals surface area contributed by atoms with Crippen LogP contribution in [0, 0.1) is 5.82 Å². The summed E-state index contributed by atoms with van der Waals surface area (Å²) in [7, 11) is 0. The fourth-order valence-corrected chi connectivity index (χ4v) is 2.87. The molecule has 1 heterocycles. The van der Waals surface area contributed by atoms with Crippen LogP contribution in [0.15, 0.2) is 35.2 Å². The third-order valence-electron chi connectivity index (χ3n) is 3.57. The van der Waals surface area contributed by atoms with Gasteiger partial charge in [-0.05, 0) is 30.5 Å². The standard InChI is InChI=1S/C15H17FN2OS/c16-12-3-1-11(2-4-12)15(19)8-18(14-5-6-14)7-13-9-20-10-17-13/h1-4,9-10,14-15,19H,5-8H2. The predicted molar refractivity (Wildman–Crippen MR) is 76.9 cm³/mol. The van der Waals surface area contributed by atoms with Gasteiger partial charge < -0.3 is 5.11 Å². The van der Waals surface area contributed by atoms with Gasteiger partial charge in [0.2, 0.25) is 0 Å². The first-order chi connectivity index (χ1) is 9.72. The summed E-state index contributed by atoms with van der Waals surface area (Å²) in [6, 6.07) is 6.62. The van der Waals surface area contributed by atoms with E-state index in [4.69, 9.17) is 0 Å². The Morgan fingerprint density at radius 2 is 2.10 bits per heavy atom. The summed E-state index contributed by atoms with van der Waals surface area (Å²) in [6.07, 6.45) is 1.77. The van der Waals surface area contributed by atoms with E-state index < -0.39 is 6.10 Å². The second kappa shape index (κ2) is 5.99. The number of rotatable bonds is 6. The summed E-state index contributed by atoms with van der Waals surface area (Å²) in [6.45, 7) is 1.33. The quantitative estimate of drug-likeness (QED) is 0.889. The lowest BCUT2D eigenvalue weighted by molar-refractivity contribution is 0.104. The van der Waals surface area contributed by atoms with Gasteiger partial charge in [0.1, 0.15) is 5.82 Å². The second-order valence-electron chi connectivity index (χ2n) is 5.21. The smallest absolute Gasteiger partial charge is 0.123 e. The van der Waals surface area contributed by atoms with Crippen LogP contribution in [-0.4, -0.2) is 27.6 Å². The third kappa shape index (κ3) is 3.42. The molecule has 1 fully saturated rings. The monoisotopic (exact) mass is 292 g/mol. The fraction of sp³-hybridized carbons (Fsp3) is 0.400. The van der Waals surface area contributed by atoms with Crippen molar-refractivity contribution in [3.05, 3.63) is 52.2 Å². The summed E-state index contributed by atoms with van der Waals surface area (Å²) in [5.41, 5.74) is 3.64. The minimum absolute atomic E-state index is 0.275. The van der Waals surface area contributed by atoms with Crippen molar-refractivity contribution in [2.45, 2.75) is 31.5 Å². The molecule has 0 bridgehead atoms. The largest absolute Gasteiger partial charge is 0.387 e. The topological polar surface area (TPSA) is 36.4 Å². The number of aromatic nitrogens is 1. The maximum absolute atomic E-state index is 12.9. The molecule has 2 aromatic rings. The van der Waals surface area contributed by atoms with Crippen molar-refractivity contribution in [3.8, 4) is 0 Å². The lowest BCUT2D eigenvalue weighted by atomic mass is 10.1. The zero-order chi connectivity index (χ0) is 13.9. The molecule has 3 nitrogen and oxygen atoms in total. The highest BCUT2D eigenvalue weighted by Gasteiger charge is 2.30. The minimum Gasteiger partial charge on any atom is -0.387 e. The summed E-state index contributed by atoms with van der Waals surface area (Å²) in [5, 5.41) is 12.3. The lowest BCUT2D eigenvalue weighted by Gasteiger charge is -2.24. The molecule has 20 heavy (non-hydrogen) atoms. The molecule has 5 heteroatoms. The van der Waals surface area contributed by atoms with Crippen molar-refractivity contribution in [1.29, 1.82) is 0 Å². The summed E-state index contributed by atoms with van der Waals surface area (Å²) < 4.78 is 12.9. The molecule has 1 saturated carbocycles. The average molecular weight is 292 g/mol. The van der Waals surface area contributed by atoms with Crippen LogP contribution >= 0.6 is 11.3 Å². The molecule has 1 atom stereocenters. The van der Waals surface area contributed by atoms with E-state index in [1.54, 1.807) is 23.5 Å². The Labute approximate surface area is 121 Å². The zero-order valence-corrected chi connectivity index (χ0v) is 11.9. The van der Waals surface area contributed by atoms with E-state index in [-0.39, 0.29) is 5.82 Å². The third-order valence-corrected chi connectivity index (χ3v) is 4.21. The Bertz CT molecular complexity index is 540. The van der Waals surface area contributed by atoms with Gasteiger partial charge in [-0.1, -0.05) is 12.1 Å². The molecule has 1 aromatic carbocycles. The van der Waals surface area contributed by atoms with Crippen LogP contribution in [0.3, 0.4) is 0 Å². The van der Waals surface area contributed by atoms with Gasteiger partial charge in [-0.3, -0.25) is 4.90 Å². The Kier molecular flexibility index (Phi) is 4.10. The number of aliphatic hydroxyl groups excluding tert-OH is 1. The molecule has 0 radical (unpaired) electrons. The Hall–Kier alpha value is -1.30. The number of thiazole rings is 1. The van der Waals surface area contributed by atoms with Crippen LogP contribution in [0.5, 0.6) is 0 Å². The van der Waals surface area contributed by atoms with Gasteiger partial charge in [-0.2, -0.15) is 0 Å². The molecule has 1 N–H and O–H groups in total. The van der Waals surface area contributed by atoms with Gasteiger partial charge in [0.25, 0.3) is 0 Å². The van der Waals surface area contributed by atoms with Gasteiger partial charge in [-0.25, -0.2) is 9.37 Å². The number of nitrogens with zero attached hydrogens (tertiary/aromatic N) is 2. The average Bonchev–Trinajstić information content (AvgIpc) is 3.17. The molecule has 0 spiro atoms. The van der Waals surface area contributed by atoms with Crippen molar-refractivity contribution in [2.24, 2.45) is 0 Å². The van der Waals surface area contributed by atoms with E-state index in [1.165, 1.54) is 25.0 Å². The van der Waals surface area contributed by atoms with Gasteiger partial charge in [-0.15, -0.1) is 11.3 Å². The number of hydrogen-bond donors (Lipinski definition) is 1. The summed E-state index contributed by atoms with van der Waals surface area (Å²) >= 11 is 1.59. The zero-order valence-electron chi connectivity index (χ0n) is 11.1. The Balaban J connectivity index is 1.65. The Morgan fingerprint density at radius 3 is 2.70 bits per heavy atom. The Morgan fingerprint density at radius 1 is 1.35 bits per heavy atom. The van der Waals surface area contributed by atoms with E-state index >= 15 is 0 Å². The van der Waals surface area contributed by atoms with E-state index in [9.17, 15) is 9.50 Å². The van der Waals surface area contributed by atoms with Gasteiger partial charge in [0.05, 0.1) is 17.3 Å². The molecule has 3 rings (SSSR count). The van der Waals surface area contributed by atoms with Crippen LogP contribution in [-0.2, 0) is 6.54 Å². The first-order valence-corrected chi connectivity index (χ1v) is 7.71. The van der Waals surface area contributed by atoms with E-state index in [2.05, 4.69) is 9.88 Å². The van der Waals surface area contributed by atoms with Crippen LogP contribution in [0.25, 0.3) is 0 Å². The SMILES string of the molecule is OC(CN(Cc1cscn1)C1CC1)c1ccc(F)cc1. The molecular weight excluding hydrogens is 275 g/mol.